The third-order valence-electron chi connectivity index (χ3n) is 2.30. The molecule has 0 spiro atoms. The van der Waals surface area contributed by atoms with Gasteiger partial charge in [0.05, 0.1) is 22.9 Å². The van der Waals surface area contributed by atoms with Gasteiger partial charge in [0, 0.05) is 11.8 Å². The Hall–Kier alpha value is -1.52. The maximum absolute atomic E-state index is 6.03. The Morgan fingerprint density at radius 2 is 2.20 bits per heavy atom. The molecule has 0 saturated heterocycles. The minimum Gasteiger partial charge on any atom is -0.397 e. The molecule has 0 bridgehead atoms. The molecular formula is C10H11ClN4. The first kappa shape index (κ1) is 10.0. The lowest BCUT2D eigenvalue weighted by Gasteiger charge is -2.13. The molecule has 0 amide bonds. The number of aromatic amines is 1. The second-order valence-electron chi connectivity index (χ2n) is 3.25. The molecule has 0 fully saturated rings. The molecule has 1 atom stereocenters. The molecule has 2 aromatic rings. The minimum absolute atomic E-state index is 0.303. The fraction of sp³-hybridized carbons (Fsp3) is 0.100. The molecule has 0 aliphatic heterocycles. The molecule has 15 heavy (non-hydrogen) atoms. The normalized spacial score (nSPS) is 12.7. The number of nitrogens with zero attached hydrogens (tertiary/aromatic N) is 1. The Balaban J connectivity index is 2.42. The molecule has 78 valence electrons. The van der Waals surface area contributed by atoms with Gasteiger partial charge in [-0.25, -0.2) is 0 Å². The van der Waals surface area contributed by atoms with Crippen LogP contribution < -0.4 is 11.5 Å². The van der Waals surface area contributed by atoms with E-state index >= 15 is 0 Å². The number of benzene rings is 1. The molecule has 5 N–H and O–H groups in total. The van der Waals surface area contributed by atoms with Crippen LogP contribution in [-0.4, -0.2) is 10.2 Å². The monoisotopic (exact) mass is 222 g/mol. The maximum atomic E-state index is 6.03. The van der Waals surface area contributed by atoms with Crippen molar-refractivity contribution in [1.29, 1.82) is 0 Å². The fourth-order valence-electron chi connectivity index (χ4n) is 1.44. The average molecular weight is 223 g/mol. The van der Waals surface area contributed by atoms with Crippen LogP contribution in [0.4, 0.5) is 5.69 Å². The summed E-state index contributed by atoms with van der Waals surface area (Å²) in [6.45, 7) is 0. The van der Waals surface area contributed by atoms with Gasteiger partial charge in [-0.05, 0) is 11.6 Å². The molecule has 1 aromatic heterocycles. The van der Waals surface area contributed by atoms with Gasteiger partial charge in [0.2, 0.25) is 0 Å². The van der Waals surface area contributed by atoms with Crippen molar-refractivity contribution in [3.63, 3.8) is 0 Å². The van der Waals surface area contributed by atoms with E-state index in [1.807, 2.05) is 12.1 Å². The van der Waals surface area contributed by atoms with Gasteiger partial charge in [0.25, 0.3) is 0 Å². The van der Waals surface area contributed by atoms with Crippen molar-refractivity contribution in [1.82, 2.24) is 10.2 Å². The Morgan fingerprint density at radius 1 is 1.40 bits per heavy atom. The third kappa shape index (κ3) is 1.82. The number of aromatic nitrogens is 2. The zero-order valence-electron chi connectivity index (χ0n) is 7.94. The summed E-state index contributed by atoms with van der Waals surface area (Å²) < 4.78 is 0. The number of hydrogen-bond acceptors (Lipinski definition) is 3. The van der Waals surface area contributed by atoms with E-state index < -0.39 is 0 Å². The average Bonchev–Trinajstić information content (AvgIpc) is 2.74. The van der Waals surface area contributed by atoms with Crippen molar-refractivity contribution in [3.8, 4) is 0 Å². The highest BCUT2D eigenvalue weighted by Gasteiger charge is 2.14. The summed E-state index contributed by atoms with van der Waals surface area (Å²) >= 11 is 5.92. The lowest BCUT2D eigenvalue weighted by molar-refractivity contribution is 0.876. The third-order valence-corrected chi connectivity index (χ3v) is 2.63. The highest BCUT2D eigenvalue weighted by Crippen LogP contribution is 2.29. The Bertz CT molecular complexity index is 452. The first-order valence-electron chi connectivity index (χ1n) is 4.48. The second kappa shape index (κ2) is 3.92. The van der Waals surface area contributed by atoms with Crippen molar-refractivity contribution in [2.45, 2.75) is 6.04 Å². The van der Waals surface area contributed by atoms with E-state index in [2.05, 4.69) is 10.2 Å². The smallest absolute Gasteiger partial charge is 0.0639 e. The van der Waals surface area contributed by atoms with Crippen LogP contribution in [-0.2, 0) is 0 Å². The molecule has 0 aliphatic carbocycles. The molecule has 5 heteroatoms. The van der Waals surface area contributed by atoms with E-state index in [1.165, 1.54) is 0 Å². The lowest BCUT2D eigenvalue weighted by Crippen LogP contribution is -2.13. The van der Waals surface area contributed by atoms with Crippen LogP contribution in [0.5, 0.6) is 0 Å². The highest BCUT2D eigenvalue weighted by molar-refractivity contribution is 6.33. The first-order valence-corrected chi connectivity index (χ1v) is 4.86. The Morgan fingerprint density at radius 3 is 2.87 bits per heavy atom. The molecular weight excluding hydrogens is 212 g/mol. The van der Waals surface area contributed by atoms with Crippen LogP contribution in [0, 0.1) is 0 Å². The standard InChI is InChI=1S/C10H11ClN4/c11-8-3-1-2-7(10(8)13)9(12)6-4-14-15-5-6/h1-5,9H,12-13H2,(H,14,15). The highest BCUT2D eigenvalue weighted by atomic mass is 35.5. The van der Waals surface area contributed by atoms with Gasteiger partial charge in [0.1, 0.15) is 0 Å². The van der Waals surface area contributed by atoms with Crippen molar-refractivity contribution in [2.24, 2.45) is 5.73 Å². The number of hydrogen-bond donors (Lipinski definition) is 3. The van der Waals surface area contributed by atoms with Crippen molar-refractivity contribution < 1.29 is 0 Å². The summed E-state index contributed by atoms with van der Waals surface area (Å²) in [6, 6.07) is 5.12. The van der Waals surface area contributed by atoms with E-state index in [0.29, 0.717) is 10.7 Å². The van der Waals surface area contributed by atoms with Crippen LogP contribution in [0.25, 0.3) is 0 Å². The molecule has 1 aromatic carbocycles. The van der Waals surface area contributed by atoms with Crippen LogP contribution in [0.2, 0.25) is 5.02 Å². The fourth-order valence-corrected chi connectivity index (χ4v) is 1.62. The zero-order valence-corrected chi connectivity index (χ0v) is 8.70. The van der Waals surface area contributed by atoms with Crippen LogP contribution in [0.1, 0.15) is 17.2 Å². The largest absolute Gasteiger partial charge is 0.397 e. The summed E-state index contributed by atoms with van der Waals surface area (Å²) in [4.78, 5) is 0. The molecule has 1 unspecified atom stereocenters. The molecule has 0 saturated carbocycles. The van der Waals surface area contributed by atoms with Gasteiger partial charge in [-0.3, -0.25) is 5.10 Å². The number of halogens is 1. The molecule has 0 aliphatic rings. The number of anilines is 1. The number of rotatable bonds is 2. The number of para-hydroxylation sites is 1. The van der Waals surface area contributed by atoms with Gasteiger partial charge in [0.15, 0.2) is 0 Å². The summed E-state index contributed by atoms with van der Waals surface area (Å²) in [7, 11) is 0. The van der Waals surface area contributed by atoms with Gasteiger partial charge < -0.3 is 11.5 Å². The molecule has 2 rings (SSSR count). The number of H-pyrrole nitrogens is 1. The summed E-state index contributed by atoms with van der Waals surface area (Å²) in [5.74, 6) is 0. The number of nitrogen functional groups attached to an aromatic ring is 1. The van der Waals surface area contributed by atoms with E-state index in [-0.39, 0.29) is 6.04 Å². The Labute approximate surface area is 92.2 Å². The van der Waals surface area contributed by atoms with E-state index in [4.69, 9.17) is 23.1 Å². The van der Waals surface area contributed by atoms with Crippen LogP contribution in [0.15, 0.2) is 30.6 Å². The predicted octanol–water partition coefficient (Wildman–Crippen LogP) is 1.69. The SMILES string of the molecule is Nc1c(Cl)cccc1C(N)c1cn[nH]c1. The van der Waals surface area contributed by atoms with Gasteiger partial charge in [-0.1, -0.05) is 23.7 Å². The minimum atomic E-state index is -0.303. The Kier molecular flexibility index (Phi) is 2.62. The first-order chi connectivity index (χ1) is 7.20. The summed E-state index contributed by atoms with van der Waals surface area (Å²) in [6.07, 6.45) is 3.41. The van der Waals surface area contributed by atoms with E-state index in [0.717, 1.165) is 11.1 Å². The topological polar surface area (TPSA) is 80.7 Å². The second-order valence-corrected chi connectivity index (χ2v) is 3.66. The van der Waals surface area contributed by atoms with Gasteiger partial charge in [-0.2, -0.15) is 5.10 Å². The van der Waals surface area contributed by atoms with Gasteiger partial charge >= 0.3 is 0 Å². The zero-order chi connectivity index (χ0) is 10.8. The maximum Gasteiger partial charge on any atom is 0.0639 e. The number of nitrogens with one attached hydrogen (secondary N) is 1. The molecule has 4 nitrogen and oxygen atoms in total. The quantitative estimate of drug-likeness (QED) is 0.677. The van der Waals surface area contributed by atoms with Crippen molar-refractivity contribution in [3.05, 3.63) is 46.7 Å². The van der Waals surface area contributed by atoms with Crippen molar-refractivity contribution >= 4 is 17.3 Å². The van der Waals surface area contributed by atoms with Gasteiger partial charge in [-0.15, -0.1) is 0 Å². The van der Waals surface area contributed by atoms with Crippen LogP contribution >= 0.6 is 11.6 Å². The molecule has 0 radical (unpaired) electrons. The van der Waals surface area contributed by atoms with Crippen molar-refractivity contribution in [2.75, 3.05) is 5.73 Å². The molecule has 1 heterocycles. The summed E-state index contributed by atoms with van der Waals surface area (Å²) in [5.41, 5.74) is 14.1. The summed E-state index contributed by atoms with van der Waals surface area (Å²) in [5, 5.41) is 7.07. The lowest BCUT2D eigenvalue weighted by atomic mass is 10.0. The van der Waals surface area contributed by atoms with E-state index in [9.17, 15) is 0 Å². The number of nitrogens with two attached hydrogens (primary N) is 2. The van der Waals surface area contributed by atoms with Crippen LogP contribution in [0.3, 0.4) is 0 Å². The predicted molar refractivity (Wildman–Crippen MR) is 60.5 cm³/mol. The van der Waals surface area contributed by atoms with E-state index in [1.54, 1.807) is 18.5 Å².